The van der Waals surface area contributed by atoms with Crippen molar-refractivity contribution in [2.24, 2.45) is 11.3 Å². The van der Waals surface area contributed by atoms with Crippen molar-refractivity contribution in [3.05, 3.63) is 53.2 Å². The quantitative estimate of drug-likeness (QED) is 0.898. The number of amides is 1. The summed E-state index contributed by atoms with van der Waals surface area (Å²) in [6, 6.07) is 13.0. The molecule has 0 aliphatic carbocycles. The zero-order valence-electron chi connectivity index (χ0n) is 14.2. The Labute approximate surface area is 137 Å². The number of fused-ring (bicyclic) bond motifs is 1. The van der Waals surface area contributed by atoms with Crippen LogP contribution in [-0.4, -0.2) is 5.91 Å². The van der Waals surface area contributed by atoms with Crippen molar-refractivity contribution in [3.63, 3.8) is 0 Å². The molecule has 1 aliphatic rings. The second-order valence-corrected chi connectivity index (χ2v) is 7.26. The highest BCUT2D eigenvalue weighted by Crippen LogP contribution is 2.31. The Balaban J connectivity index is 2.04. The van der Waals surface area contributed by atoms with Gasteiger partial charge < -0.3 is 5.43 Å². The van der Waals surface area contributed by atoms with E-state index in [2.05, 4.69) is 67.2 Å². The van der Waals surface area contributed by atoms with Gasteiger partial charge in [-0.2, -0.15) is 0 Å². The third-order valence-electron chi connectivity index (χ3n) is 4.47. The second-order valence-electron chi connectivity index (χ2n) is 7.26. The monoisotopic (exact) mass is 308 g/mol. The predicted octanol–water partition coefficient (Wildman–Crippen LogP) is 4.04. The van der Waals surface area contributed by atoms with Crippen LogP contribution in [0.25, 0.3) is 16.8 Å². The smallest absolute Gasteiger partial charge is 0.249 e. The van der Waals surface area contributed by atoms with Crippen LogP contribution in [0.3, 0.4) is 0 Å². The molecule has 1 heterocycles. The van der Waals surface area contributed by atoms with E-state index in [1.807, 2.05) is 13.8 Å². The highest BCUT2D eigenvalue weighted by molar-refractivity contribution is 5.94. The highest BCUT2D eigenvalue weighted by atomic mass is 16.2. The van der Waals surface area contributed by atoms with Crippen LogP contribution >= 0.6 is 0 Å². The number of hydrogen-bond acceptors (Lipinski definition) is 2. The van der Waals surface area contributed by atoms with Crippen molar-refractivity contribution in [1.29, 1.82) is 0 Å². The van der Waals surface area contributed by atoms with Gasteiger partial charge in [0.05, 0.1) is 5.41 Å². The van der Waals surface area contributed by atoms with Crippen LogP contribution in [-0.2, 0) is 11.2 Å². The van der Waals surface area contributed by atoms with Gasteiger partial charge in [-0.15, -0.1) is 0 Å². The van der Waals surface area contributed by atoms with E-state index >= 15 is 0 Å². The van der Waals surface area contributed by atoms with E-state index in [-0.39, 0.29) is 5.91 Å². The molecule has 0 bridgehead atoms. The first-order valence-corrected chi connectivity index (χ1v) is 8.18. The Morgan fingerprint density at radius 1 is 1.13 bits per heavy atom. The molecule has 0 unspecified atom stereocenters. The highest BCUT2D eigenvalue weighted by Gasteiger charge is 2.37. The van der Waals surface area contributed by atoms with E-state index in [1.165, 1.54) is 16.3 Å². The average Bonchev–Trinajstić information content (AvgIpc) is 2.73. The number of carbonyl (C=O) groups is 1. The third-order valence-corrected chi connectivity index (χ3v) is 4.47. The Morgan fingerprint density at radius 3 is 2.57 bits per heavy atom. The molecule has 120 valence electrons. The maximum absolute atomic E-state index is 11.9. The summed E-state index contributed by atoms with van der Waals surface area (Å²) in [5.74, 6) is 0.654. The maximum atomic E-state index is 11.9. The van der Waals surface area contributed by atoms with Crippen LogP contribution in [0.5, 0.6) is 0 Å². The lowest BCUT2D eigenvalue weighted by Crippen LogP contribution is -2.28. The summed E-state index contributed by atoms with van der Waals surface area (Å²) < 4.78 is 0. The Morgan fingerprint density at radius 2 is 1.91 bits per heavy atom. The van der Waals surface area contributed by atoms with Gasteiger partial charge in [0.15, 0.2) is 0 Å². The van der Waals surface area contributed by atoms with Gasteiger partial charge in [-0.3, -0.25) is 10.2 Å². The number of benzene rings is 2. The van der Waals surface area contributed by atoms with E-state index in [0.29, 0.717) is 5.92 Å². The maximum Gasteiger partial charge on any atom is 0.249 e. The molecule has 1 amide bonds. The largest absolute Gasteiger partial charge is 0.302 e. The number of carbonyl (C=O) groups excluding carboxylic acids is 1. The van der Waals surface area contributed by atoms with Crippen molar-refractivity contribution in [3.8, 4) is 0 Å². The molecule has 3 heteroatoms. The average molecular weight is 308 g/mol. The van der Waals surface area contributed by atoms with Crippen molar-refractivity contribution >= 4 is 22.8 Å². The summed E-state index contributed by atoms with van der Waals surface area (Å²) in [7, 11) is 0. The standard InChI is InChI=1S/C20H24N2O/c1-13(2)10-14-8-9-17-15(11-14)6-5-7-16(17)12-18-20(3,4)19(23)22-21-18/h5-9,11-13,21H,10H2,1-4H3,(H,22,23)/b18-12-. The summed E-state index contributed by atoms with van der Waals surface area (Å²) in [6.45, 7) is 8.34. The molecule has 0 spiro atoms. The van der Waals surface area contributed by atoms with Crippen LogP contribution in [0, 0.1) is 11.3 Å². The number of hydrogen-bond donors (Lipinski definition) is 2. The third kappa shape index (κ3) is 2.96. The first-order chi connectivity index (χ1) is 10.9. The molecule has 1 fully saturated rings. The molecule has 2 aromatic rings. The topological polar surface area (TPSA) is 41.1 Å². The molecule has 3 rings (SSSR count). The molecule has 0 aromatic heterocycles. The van der Waals surface area contributed by atoms with Gasteiger partial charge in [0, 0.05) is 5.70 Å². The van der Waals surface area contributed by atoms with E-state index in [0.717, 1.165) is 17.7 Å². The molecule has 3 nitrogen and oxygen atoms in total. The normalized spacial score (nSPS) is 18.5. The van der Waals surface area contributed by atoms with Gasteiger partial charge >= 0.3 is 0 Å². The van der Waals surface area contributed by atoms with Gasteiger partial charge in [0.1, 0.15) is 0 Å². The van der Waals surface area contributed by atoms with E-state index in [4.69, 9.17) is 0 Å². The van der Waals surface area contributed by atoms with Crippen LogP contribution in [0.4, 0.5) is 0 Å². The molecular weight excluding hydrogens is 284 g/mol. The fourth-order valence-corrected chi connectivity index (χ4v) is 3.01. The zero-order valence-corrected chi connectivity index (χ0v) is 14.2. The van der Waals surface area contributed by atoms with E-state index < -0.39 is 5.41 Å². The minimum absolute atomic E-state index is 0.00297. The minimum Gasteiger partial charge on any atom is -0.302 e. The lowest BCUT2D eigenvalue weighted by molar-refractivity contribution is -0.125. The van der Waals surface area contributed by atoms with Crippen molar-refractivity contribution in [2.75, 3.05) is 0 Å². The molecule has 2 N–H and O–H groups in total. The molecule has 0 radical (unpaired) electrons. The molecule has 1 aliphatic heterocycles. The summed E-state index contributed by atoms with van der Waals surface area (Å²) in [5.41, 5.74) is 8.59. The van der Waals surface area contributed by atoms with Gasteiger partial charge in [-0.1, -0.05) is 50.2 Å². The fourth-order valence-electron chi connectivity index (χ4n) is 3.01. The Bertz CT molecular complexity index is 787. The van der Waals surface area contributed by atoms with Crippen LogP contribution in [0.15, 0.2) is 42.1 Å². The minimum atomic E-state index is -0.528. The van der Waals surface area contributed by atoms with Gasteiger partial charge in [-0.05, 0) is 54.2 Å². The zero-order chi connectivity index (χ0) is 16.6. The fraction of sp³-hybridized carbons (Fsp3) is 0.350. The van der Waals surface area contributed by atoms with Crippen molar-refractivity contribution in [1.82, 2.24) is 10.9 Å². The Hall–Kier alpha value is -2.29. The SMILES string of the molecule is CC(C)Cc1ccc2c(/C=C3\NNC(=O)C3(C)C)cccc2c1. The van der Waals surface area contributed by atoms with Crippen LogP contribution in [0.2, 0.25) is 0 Å². The van der Waals surface area contributed by atoms with Crippen LogP contribution < -0.4 is 10.9 Å². The first kappa shape index (κ1) is 15.6. The number of rotatable bonds is 3. The molecule has 1 saturated heterocycles. The summed E-state index contributed by atoms with van der Waals surface area (Å²) >= 11 is 0. The van der Waals surface area contributed by atoms with Gasteiger partial charge in [0.25, 0.3) is 0 Å². The van der Waals surface area contributed by atoms with Crippen molar-refractivity contribution in [2.45, 2.75) is 34.1 Å². The summed E-state index contributed by atoms with van der Waals surface area (Å²) in [4.78, 5) is 11.9. The van der Waals surface area contributed by atoms with Crippen LogP contribution in [0.1, 0.15) is 38.8 Å². The lowest BCUT2D eigenvalue weighted by Gasteiger charge is -2.15. The van der Waals surface area contributed by atoms with E-state index in [1.54, 1.807) is 0 Å². The van der Waals surface area contributed by atoms with Gasteiger partial charge in [0.2, 0.25) is 5.91 Å². The molecule has 0 atom stereocenters. The molecule has 23 heavy (non-hydrogen) atoms. The number of nitrogens with one attached hydrogen (secondary N) is 2. The lowest BCUT2D eigenvalue weighted by atomic mass is 9.88. The summed E-state index contributed by atoms with van der Waals surface area (Å²) in [6.07, 6.45) is 3.16. The molecule has 0 saturated carbocycles. The summed E-state index contributed by atoms with van der Waals surface area (Å²) in [5, 5.41) is 2.46. The van der Waals surface area contributed by atoms with E-state index in [9.17, 15) is 4.79 Å². The van der Waals surface area contributed by atoms with Gasteiger partial charge in [-0.25, -0.2) is 0 Å². The second kappa shape index (κ2) is 5.73. The predicted molar refractivity (Wildman–Crippen MR) is 95.5 cm³/mol. The van der Waals surface area contributed by atoms with Crippen molar-refractivity contribution < 1.29 is 4.79 Å². The molecular formula is C20H24N2O. The number of hydrazine groups is 1. The molecule has 2 aromatic carbocycles. The Kier molecular flexibility index (Phi) is 3.88. The first-order valence-electron chi connectivity index (χ1n) is 8.18.